The van der Waals surface area contributed by atoms with Crippen LogP contribution in [0.1, 0.15) is 33.3 Å². The highest BCUT2D eigenvalue weighted by molar-refractivity contribution is 9.10. The van der Waals surface area contributed by atoms with Gasteiger partial charge in [0.05, 0.1) is 17.0 Å². The van der Waals surface area contributed by atoms with Crippen LogP contribution in [0.2, 0.25) is 5.02 Å². The minimum atomic E-state index is -0.587. The molecule has 0 radical (unpaired) electrons. The molecule has 0 saturated carbocycles. The number of rotatable bonds is 3. The molecule has 0 bridgehead atoms. The SMILES string of the molecule is O=C1c2oc3ccc(Br)cc3c(=O)c2C(c2cccc(Br)c2)N1Cc1ccccc1Cl. The summed E-state index contributed by atoms with van der Waals surface area (Å²) in [5.41, 5.74) is 2.13. The lowest BCUT2D eigenvalue weighted by Gasteiger charge is -2.25. The van der Waals surface area contributed by atoms with Crippen LogP contribution >= 0.6 is 43.5 Å². The standard InChI is InChI=1S/C24H14Br2ClNO3/c25-15-6-3-5-13(10-15)21-20-22(29)17-11-16(26)8-9-19(17)31-23(20)24(30)28(21)12-14-4-1-2-7-18(14)27/h1-11,21H,12H2. The van der Waals surface area contributed by atoms with Crippen molar-refractivity contribution in [2.24, 2.45) is 0 Å². The summed E-state index contributed by atoms with van der Waals surface area (Å²) in [6.45, 7) is 0.249. The molecule has 1 aliphatic heterocycles. The molecule has 1 aliphatic rings. The molecule has 0 N–H and O–H groups in total. The third-order valence-corrected chi connectivity index (χ3v) is 6.75. The van der Waals surface area contributed by atoms with Gasteiger partial charge in [-0.2, -0.15) is 0 Å². The molecule has 4 aromatic rings. The molecule has 0 fully saturated rings. The molecule has 3 aromatic carbocycles. The van der Waals surface area contributed by atoms with E-state index in [-0.39, 0.29) is 23.6 Å². The van der Waals surface area contributed by atoms with E-state index in [1.54, 1.807) is 29.2 Å². The first kappa shape index (κ1) is 20.5. The highest BCUT2D eigenvalue weighted by Crippen LogP contribution is 2.40. The molecular formula is C24H14Br2ClNO3. The van der Waals surface area contributed by atoms with Gasteiger partial charge in [-0.05, 0) is 47.5 Å². The monoisotopic (exact) mass is 557 g/mol. The normalized spacial score (nSPS) is 15.5. The first-order chi connectivity index (χ1) is 14.9. The van der Waals surface area contributed by atoms with Gasteiger partial charge >= 0.3 is 0 Å². The van der Waals surface area contributed by atoms with E-state index < -0.39 is 6.04 Å². The summed E-state index contributed by atoms with van der Waals surface area (Å²) < 4.78 is 7.60. The number of hydrogen-bond acceptors (Lipinski definition) is 3. The topological polar surface area (TPSA) is 50.5 Å². The first-order valence-corrected chi connectivity index (χ1v) is 11.5. The molecule has 0 aliphatic carbocycles. The van der Waals surface area contributed by atoms with Crippen LogP contribution < -0.4 is 5.43 Å². The lowest BCUT2D eigenvalue weighted by atomic mass is 9.98. The van der Waals surface area contributed by atoms with Gasteiger partial charge in [0.25, 0.3) is 5.91 Å². The molecule has 31 heavy (non-hydrogen) atoms. The smallest absolute Gasteiger partial charge is 0.291 e. The van der Waals surface area contributed by atoms with Crippen LogP contribution in [0.15, 0.2) is 84.9 Å². The molecule has 2 heterocycles. The second-order valence-corrected chi connectivity index (χ2v) is 9.54. The van der Waals surface area contributed by atoms with Crippen molar-refractivity contribution in [1.29, 1.82) is 0 Å². The van der Waals surface area contributed by atoms with Crippen LogP contribution in [0.4, 0.5) is 0 Å². The van der Waals surface area contributed by atoms with Crippen molar-refractivity contribution in [3.8, 4) is 0 Å². The zero-order chi connectivity index (χ0) is 21.7. The first-order valence-electron chi connectivity index (χ1n) is 9.50. The zero-order valence-corrected chi connectivity index (χ0v) is 19.9. The van der Waals surface area contributed by atoms with Gasteiger partial charge in [0, 0.05) is 20.5 Å². The Kier molecular flexibility index (Phi) is 5.24. The fraction of sp³-hybridized carbons (Fsp3) is 0.0833. The van der Waals surface area contributed by atoms with Gasteiger partial charge in [0.1, 0.15) is 5.58 Å². The Morgan fingerprint density at radius 3 is 2.48 bits per heavy atom. The van der Waals surface area contributed by atoms with Crippen molar-refractivity contribution < 1.29 is 9.21 Å². The highest BCUT2D eigenvalue weighted by atomic mass is 79.9. The molecule has 0 spiro atoms. The van der Waals surface area contributed by atoms with E-state index in [4.69, 9.17) is 16.0 Å². The fourth-order valence-electron chi connectivity index (χ4n) is 3.99. The van der Waals surface area contributed by atoms with E-state index in [0.717, 1.165) is 20.1 Å². The van der Waals surface area contributed by atoms with Gasteiger partial charge in [-0.1, -0.05) is 73.8 Å². The predicted octanol–water partition coefficient (Wildman–Crippen LogP) is 6.72. The number of nitrogens with zero attached hydrogens (tertiary/aromatic N) is 1. The average molecular weight is 560 g/mol. The Balaban J connectivity index is 1.75. The molecule has 7 heteroatoms. The molecule has 154 valence electrons. The van der Waals surface area contributed by atoms with E-state index in [9.17, 15) is 9.59 Å². The maximum Gasteiger partial charge on any atom is 0.291 e. The van der Waals surface area contributed by atoms with Crippen LogP contribution in [0.25, 0.3) is 11.0 Å². The summed E-state index contributed by atoms with van der Waals surface area (Å²) in [6.07, 6.45) is 0. The number of hydrogen-bond donors (Lipinski definition) is 0. The van der Waals surface area contributed by atoms with Gasteiger partial charge in [-0.25, -0.2) is 0 Å². The second-order valence-electron chi connectivity index (χ2n) is 7.30. The Morgan fingerprint density at radius 1 is 0.935 bits per heavy atom. The number of carbonyl (C=O) groups is 1. The number of fused-ring (bicyclic) bond motifs is 2. The molecular weight excluding hydrogens is 546 g/mol. The highest BCUT2D eigenvalue weighted by Gasteiger charge is 2.42. The van der Waals surface area contributed by atoms with Crippen LogP contribution in [0.3, 0.4) is 0 Å². The van der Waals surface area contributed by atoms with Crippen molar-refractivity contribution in [1.82, 2.24) is 4.90 Å². The van der Waals surface area contributed by atoms with Gasteiger partial charge in [-0.15, -0.1) is 0 Å². The van der Waals surface area contributed by atoms with Crippen LogP contribution in [-0.2, 0) is 6.54 Å². The Labute approximate surface area is 199 Å². The maximum atomic E-state index is 13.6. The predicted molar refractivity (Wildman–Crippen MR) is 127 cm³/mol. The molecule has 1 aromatic heterocycles. The molecule has 1 amide bonds. The van der Waals surface area contributed by atoms with E-state index in [0.29, 0.717) is 21.6 Å². The van der Waals surface area contributed by atoms with Crippen molar-refractivity contribution >= 4 is 60.3 Å². The Bertz CT molecular complexity index is 1420. The van der Waals surface area contributed by atoms with Gasteiger partial charge in [0.15, 0.2) is 5.43 Å². The summed E-state index contributed by atoms with van der Waals surface area (Å²) in [7, 11) is 0. The number of amides is 1. The summed E-state index contributed by atoms with van der Waals surface area (Å²) in [6, 6.07) is 19.6. The molecule has 5 rings (SSSR count). The third-order valence-electron chi connectivity index (χ3n) is 5.39. The largest absolute Gasteiger partial charge is 0.450 e. The van der Waals surface area contributed by atoms with E-state index in [2.05, 4.69) is 31.9 Å². The minimum Gasteiger partial charge on any atom is -0.450 e. The lowest BCUT2D eigenvalue weighted by molar-refractivity contribution is 0.0714. The average Bonchev–Trinajstić information content (AvgIpc) is 3.02. The number of carbonyl (C=O) groups excluding carboxylic acids is 1. The van der Waals surface area contributed by atoms with Gasteiger partial charge < -0.3 is 9.32 Å². The summed E-state index contributed by atoms with van der Waals surface area (Å²) >= 11 is 13.3. The Morgan fingerprint density at radius 2 is 1.71 bits per heavy atom. The zero-order valence-electron chi connectivity index (χ0n) is 15.9. The van der Waals surface area contributed by atoms with Crippen molar-refractivity contribution in [2.45, 2.75) is 12.6 Å². The van der Waals surface area contributed by atoms with Gasteiger partial charge in [-0.3, -0.25) is 9.59 Å². The number of benzene rings is 3. The quantitative estimate of drug-likeness (QED) is 0.280. The summed E-state index contributed by atoms with van der Waals surface area (Å²) in [5, 5.41) is 0.994. The molecule has 1 atom stereocenters. The van der Waals surface area contributed by atoms with E-state index in [1.807, 2.05) is 42.5 Å². The van der Waals surface area contributed by atoms with E-state index in [1.165, 1.54) is 0 Å². The Hall–Kier alpha value is -2.41. The van der Waals surface area contributed by atoms with Gasteiger partial charge in [0.2, 0.25) is 5.76 Å². The second kappa shape index (κ2) is 7.93. The van der Waals surface area contributed by atoms with Crippen molar-refractivity contribution in [2.75, 3.05) is 0 Å². The number of halogens is 3. The molecule has 0 saturated heterocycles. The minimum absolute atomic E-state index is 0.0804. The van der Waals surface area contributed by atoms with Crippen molar-refractivity contribution in [3.05, 3.63) is 113 Å². The molecule has 1 unspecified atom stereocenters. The molecule has 4 nitrogen and oxygen atoms in total. The van der Waals surface area contributed by atoms with Crippen molar-refractivity contribution in [3.63, 3.8) is 0 Å². The fourth-order valence-corrected chi connectivity index (χ4v) is 4.96. The van der Waals surface area contributed by atoms with Crippen LogP contribution in [0, 0.1) is 0 Å². The lowest BCUT2D eigenvalue weighted by Crippen LogP contribution is -2.29. The maximum absolute atomic E-state index is 13.6. The summed E-state index contributed by atoms with van der Waals surface area (Å²) in [5.74, 6) is -0.251. The summed E-state index contributed by atoms with van der Waals surface area (Å²) in [4.78, 5) is 28.7. The van der Waals surface area contributed by atoms with E-state index >= 15 is 0 Å². The third kappa shape index (κ3) is 3.53. The van der Waals surface area contributed by atoms with Crippen LogP contribution in [-0.4, -0.2) is 10.8 Å². The van der Waals surface area contributed by atoms with Crippen LogP contribution in [0.5, 0.6) is 0 Å².